The fourth-order valence-electron chi connectivity index (χ4n) is 4.62. The molecule has 3 aromatic rings. The molecule has 1 fully saturated rings. The predicted octanol–water partition coefficient (Wildman–Crippen LogP) is 3.65. The average molecular weight is 501 g/mol. The molecule has 0 bridgehead atoms. The van der Waals surface area contributed by atoms with Gasteiger partial charge in [0.15, 0.2) is 9.84 Å². The molecule has 174 valence electrons. The molecule has 2 aliphatic heterocycles. The number of rotatable bonds is 4. The second-order valence-corrected chi connectivity index (χ2v) is 10.5. The molecule has 1 saturated heterocycles. The maximum absolute atomic E-state index is 14.0. The summed E-state index contributed by atoms with van der Waals surface area (Å²) in [5, 5.41) is 0.161. The summed E-state index contributed by atoms with van der Waals surface area (Å²) in [6, 6.07) is 16.4. The van der Waals surface area contributed by atoms with E-state index in [1.54, 1.807) is 18.2 Å². The van der Waals surface area contributed by atoms with Crippen LogP contribution in [0.3, 0.4) is 0 Å². The molecule has 0 aromatic heterocycles. The zero-order valence-electron chi connectivity index (χ0n) is 17.9. The van der Waals surface area contributed by atoms with Crippen molar-refractivity contribution in [3.8, 4) is 5.75 Å². The minimum atomic E-state index is -4.31. The number of anilines is 2. The van der Waals surface area contributed by atoms with Gasteiger partial charge in [0.25, 0.3) is 10.8 Å². The standard InChI is InChI=1S/C24H18ClFN2O5S/c1-33-21-11-10-17(12-19(21)25)28-22(29)14-34(31,32)24(28)18-4-2-3-5-20(18)27(23(24)30)13-15-6-8-16(26)9-7-15/h2-12H,13-14H2,1H3. The number of hydrogen-bond donors (Lipinski definition) is 0. The Morgan fingerprint density at radius 1 is 1.06 bits per heavy atom. The molecule has 0 N–H and O–H groups in total. The van der Waals surface area contributed by atoms with Crippen LogP contribution >= 0.6 is 11.6 Å². The van der Waals surface area contributed by atoms with Crippen molar-refractivity contribution in [2.45, 2.75) is 11.4 Å². The number of carbonyl (C=O) groups excluding carboxylic acids is 2. The largest absolute Gasteiger partial charge is 0.495 e. The maximum atomic E-state index is 14.0. The first-order chi connectivity index (χ1) is 16.2. The molecule has 1 unspecified atom stereocenters. The van der Waals surface area contributed by atoms with Crippen LogP contribution in [0.5, 0.6) is 5.75 Å². The average Bonchev–Trinajstić information content (AvgIpc) is 3.18. The van der Waals surface area contributed by atoms with Gasteiger partial charge in [0.2, 0.25) is 5.91 Å². The number of nitrogens with zero attached hydrogens (tertiary/aromatic N) is 2. The lowest BCUT2D eigenvalue weighted by atomic mass is 10.0. The third-order valence-corrected chi connectivity index (χ3v) is 8.47. The van der Waals surface area contributed by atoms with Crippen LogP contribution < -0.4 is 14.5 Å². The van der Waals surface area contributed by atoms with Gasteiger partial charge in [-0.1, -0.05) is 41.9 Å². The Kier molecular flexibility index (Phi) is 5.14. The zero-order valence-corrected chi connectivity index (χ0v) is 19.4. The van der Waals surface area contributed by atoms with Gasteiger partial charge in [-0.05, 0) is 42.0 Å². The highest BCUT2D eigenvalue weighted by atomic mass is 35.5. The van der Waals surface area contributed by atoms with E-state index in [4.69, 9.17) is 16.3 Å². The minimum Gasteiger partial charge on any atom is -0.495 e. The summed E-state index contributed by atoms with van der Waals surface area (Å²) in [4.78, 5) is 27.2. The number of sulfone groups is 1. The first-order valence-electron chi connectivity index (χ1n) is 10.3. The number of carbonyl (C=O) groups is 2. The van der Waals surface area contributed by atoms with Crippen molar-refractivity contribution in [1.82, 2.24) is 0 Å². The molecule has 1 spiro atoms. The van der Waals surface area contributed by atoms with E-state index in [-0.39, 0.29) is 22.8 Å². The Bertz CT molecular complexity index is 1440. The van der Waals surface area contributed by atoms with Gasteiger partial charge in [-0.15, -0.1) is 0 Å². The van der Waals surface area contributed by atoms with E-state index in [2.05, 4.69) is 0 Å². The quantitative estimate of drug-likeness (QED) is 0.546. The highest BCUT2D eigenvalue weighted by Gasteiger charge is 2.69. The molecule has 34 heavy (non-hydrogen) atoms. The molecular formula is C24H18ClFN2O5S. The number of amides is 2. The van der Waals surface area contributed by atoms with Crippen molar-refractivity contribution in [1.29, 1.82) is 0 Å². The van der Waals surface area contributed by atoms with Crippen LogP contribution in [0.2, 0.25) is 5.02 Å². The Balaban J connectivity index is 1.72. The van der Waals surface area contributed by atoms with Gasteiger partial charge >= 0.3 is 0 Å². The van der Waals surface area contributed by atoms with Crippen molar-refractivity contribution in [3.63, 3.8) is 0 Å². The van der Waals surface area contributed by atoms with Crippen LogP contribution in [-0.4, -0.2) is 33.1 Å². The number of methoxy groups -OCH3 is 1. The molecule has 3 aromatic carbocycles. The van der Waals surface area contributed by atoms with E-state index >= 15 is 0 Å². The zero-order chi connectivity index (χ0) is 24.3. The molecule has 10 heteroatoms. The van der Waals surface area contributed by atoms with Gasteiger partial charge in [-0.3, -0.25) is 14.5 Å². The molecule has 2 aliphatic rings. The van der Waals surface area contributed by atoms with Crippen molar-refractivity contribution >= 4 is 44.6 Å². The van der Waals surface area contributed by atoms with Crippen LogP contribution in [0.15, 0.2) is 66.7 Å². The molecular weight excluding hydrogens is 483 g/mol. The maximum Gasteiger partial charge on any atom is 0.274 e. The van der Waals surface area contributed by atoms with Gasteiger partial charge in [-0.2, -0.15) is 0 Å². The summed E-state index contributed by atoms with van der Waals surface area (Å²) in [6.07, 6.45) is 0. The monoisotopic (exact) mass is 500 g/mol. The van der Waals surface area contributed by atoms with E-state index in [1.807, 2.05) is 0 Å². The summed E-state index contributed by atoms with van der Waals surface area (Å²) < 4.78 is 45.7. The summed E-state index contributed by atoms with van der Waals surface area (Å²) in [5.41, 5.74) is 1.30. The summed E-state index contributed by atoms with van der Waals surface area (Å²) in [5.74, 6) is -2.45. The molecule has 0 saturated carbocycles. The van der Waals surface area contributed by atoms with Crippen molar-refractivity contribution in [2.75, 3.05) is 22.7 Å². The second-order valence-electron chi connectivity index (χ2n) is 7.99. The minimum absolute atomic E-state index is 0.00119. The summed E-state index contributed by atoms with van der Waals surface area (Å²) in [7, 11) is -2.88. The predicted molar refractivity (Wildman–Crippen MR) is 125 cm³/mol. The van der Waals surface area contributed by atoms with E-state index in [1.165, 1.54) is 60.5 Å². The summed E-state index contributed by atoms with van der Waals surface area (Å²) >= 11 is 6.27. The van der Waals surface area contributed by atoms with Crippen LogP contribution in [0, 0.1) is 5.82 Å². The SMILES string of the molecule is COc1ccc(N2C(=O)CS(=O)(=O)C23C(=O)N(Cc2ccc(F)cc2)c2ccccc23)cc1Cl. The third-order valence-electron chi connectivity index (χ3n) is 6.07. The molecule has 0 aliphatic carbocycles. The Morgan fingerprint density at radius 3 is 2.44 bits per heavy atom. The molecule has 1 atom stereocenters. The smallest absolute Gasteiger partial charge is 0.274 e. The molecule has 2 heterocycles. The molecule has 2 amide bonds. The molecule has 7 nitrogen and oxygen atoms in total. The van der Waals surface area contributed by atoms with Gasteiger partial charge in [0.05, 0.1) is 24.4 Å². The highest BCUT2D eigenvalue weighted by molar-refractivity contribution is 7.94. The topological polar surface area (TPSA) is 84.0 Å². The summed E-state index contributed by atoms with van der Waals surface area (Å²) in [6.45, 7) is -0.00119. The molecule has 0 radical (unpaired) electrons. The van der Waals surface area contributed by atoms with Crippen LogP contribution in [0.25, 0.3) is 0 Å². The fourth-order valence-corrected chi connectivity index (χ4v) is 6.90. The van der Waals surface area contributed by atoms with Gasteiger partial charge in [0.1, 0.15) is 17.3 Å². The first-order valence-corrected chi connectivity index (χ1v) is 12.3. The number of hydrogen-bond acceptors (Lipinski definition) is 5. The fraction of sp³-hybridized carbons (Fsp3) is 0.167. The lowest BCUT2D eigenvalue weighted by Crippen LogP contribution is -2.54. The van der Waals surface area contributed by atoms with E-state index in [0.717, 1.165) is 4.90 Å². The number of ether oxygens (including phenoxy) is 1. The Morgan fingerprint density at radius 2 is 1.76 bits per heavy atom. The number of para-hydroxylation sites is 1. The van der Waals surface area contributed by atoms with Crippen molar-refractivity contribution in [3.05, 3.63) is 88.7 Å². The van der Waals surface area contributed by atoms with Gasteiger partial charge in [-0.25, -0.2) is 12.8 Å². The van der Waals surface area contributed by atoms with Crippen LogP contribution in [0.1, 0.15) is 11.1 Å². The van der Waals surface area contributed by atoms with Crippen molar-refractivity contribution < 1.29 is 27.1 Å². The van der Waals surface area contributed by atoms with Gasteiger partial charge < -0.3 is 9.64 Å². The third kappa shape index (κ3) is 3.04. The lowest BCUT2D eigenvalue weighted by Gasteiger charge is -2.32. The van der Waals surface area contributed by atoms with E-state index in [0.29, 0.717) is 17.0 Å². The lowest BCUT2D eigenvalue weighted by molar-refractivity contribution is -0.123. The van der Waals surface area contributed by atoms with Crippen molar-refractivity contribution in [2.24, 2.45) is 0 Å². The van der Waals surface area contributed by atoms with E-state index < -0.39 is 38.1 Å². The Hall–Kier alpha value is -3.43. The second kappa shape index (κ2) is 7.82. The number of fused-ring (bicyclic) bond motifs is 2. The van der Waals surface area contributed by atoms with Crippen LogP contribution in [0.4, 0.5) is 15.8 Å². The van der Waals surface area contributed by atoms with Gasteiger partial charge in [0, 0.05) is 11.3 Å². The number of benzene rings is 3. The Labute approximate surface area is 200 Å². The van der Waals surface area contributed by atoms with Crippen LogP contribution in [-0.2, 0) is 30.8 Å². The molecule has 5 rings (SSSR count). The first kappa shape index (κ1) is 22.4. The normalized spacial score (nSPS) is 20.8. The highest BCUT2D eigenvalue weighted by Crippen LogP contribution is 2.53. The van der Waals surface area contributed by atoms with E-state index in [9.17, 15) is 22.4 Å². The number of halogens is 2.